The fourth-order valence-corrected chi connectivity index (χ4v) is 4.07. The maximum atomic E-state index is 13.3. The number of carbonyl (C=O) groups is 2. The van der Waals surface area contributed by atoms with Gasteiger partial charge in [-0.1, -0.05) is 6.07 Å². The van der Waals surface area contributed by atoms with Crippen LogP contribution in [-0.4, -0.2) is 56.1 Å². The summed E-state index contributed by atoms with van der Waals surface area (Å²) in [5.74, 6) is 1.12. The molecule has 1 saturated heterocycles. The Kier molecular flexibility index (Phi) is 7.33. The molecule has 0 aliphatic carbocycles. The molecule has 0 bridgehead atoms. The normalized spacial score (nSPS) is 16.9. The maximum Gasteiger partial charge on any atom is 0.254 e. The van der Waals surface area contributed by atoms with Crippen molar-refractivity contribution in [3.63, 3.8) is 0 Å². The Morgan fingerprint density at radius 1 is 1.13 bits per heavy atom. The lowest BCUT2D eigenvalue weighted by molar-refractivity contribution is -0.120. The Morgan fingerprint density at radius 2 is 1.84 bits per heavy atom. The van der Waals surface area contributed by atoms with Gasteiger partial charge in [-0.3, -0.25) is 14.6 Å². The molecule has 2 aromatic rings. The van der Waals surface area contributed by atoms with E-state index in [1.807, 2.05) is 23.1 Å². The lowest BCUT2D eigenvalue weighted by atomic mass is 9.88. The van der Waals surface area contributed by atoms with E-state index in [-0.39, 0.29) is 23.8 Å². The van der Waals surface area contributed by atoms with Gasteiger partial charge in [-0.25, -0.2) is 0 Å². The number of pyridine rings is 1. The smallest absolute Gasteiger partial charge is 0.254 e. The first-order valence-corrected chi connectivity index (χ1v) is 10.3. The molecule has 31 heavy (non-hydrogen) atoms. The van der Waals surface area contributed by atoms with E-state index in [1.54, 1.807) is 18.3 Å². The van der Waals surface area contributed by atoms with Crippen LogP contribution in [0.5, 0.6) is 17.2 Å². The second-order valence-corrected chi connectivity index (χ2v) is 7.50. The van der Waals surface area contributed by atoms with Crippen molar-refractivity contribution >= 4 is 11.8 Å². The number of carbonyl (C=O) groups excluding carboxylic acids is 2. The molecule has 1 aliphatic heterocycles. The number of hydrogen-bond donors (Lipinski definition) is 1. The lowest BCUT2D eigenvalue weighted by Gasteiger charge is -2.37. The summed E-state index contributed by atoms with van der Waals surface area (Å²) in [5, 5.41) is 3.02. The van der Waals surface area contributed by atoms with Gasteiger partial charge in [-0.15, -0.1) is 0 Å². The average Bonchev–Trinajstić information content (AvgIpc) is 2.81. The van der Waals surface area contributed by atoms with Crippen LogP contribution in [0.2, 0.25) is 0 Å². The zero-order valence-electron chi connectivity index (χ0n) is 18.4. The molecule has 1 aromatic heterocycles. The van der Waals surface area contributed by atoms with Crippen molar-refractivity contribution in [2.45, 2.75) is 25.8 Å². The summed E-state index contributed by atoms with van der Waals surface area (Å²) in [6.45, 7) is 2.65. The number of likely N-dealkylation sites (tertiary alicyclic amines) is 1. The summed E-state index contributed by atoms with van der Waals surface area (Å²) in [5.41, 5.74) is 1.26. The van der Waals surface area contributed by atoms with Gasteiger partial charge in [-0.05, 0) is 37.1 Å². The molecule has 0 unspecified atom stereocenters. The fraction of sp³-hybridized carbons (Fsp3) is 0.435. The minimum Gasteiger partial charge on any atom is -0.493 e. The minimum absolute atomic E-state index is 0.0542. The average molecular weight is 428 g/mol. The predicted octanol–water partition coefficient (Wildman–Crippen LogP) is 2.84. The van der Waals surface area contributed by atoms with Gasteiger partial charge in [0.15, 0.2) is 11.5 Å². The van der Waals surface area contributed by atoms with Crippen LogP contribution >= 0.6 is 0 Å². The van der Waals surface area contributed by atoms with Gasteiger partial charge in [0.25, 0.3) is 5.91 Å². The van der Waals surface area contributed by atoms with E-state index in [4.69, 9.17) is 14.2 Å². The number of amides is 2. The highest BCUT2D eigenvalue weighted by Gasteiger charge is 2.32. The van der Waals surface area contributed by atoms with Crippen molar-refractivity contribution in [2.24, 2.45) is 5.92 Å². The summed E-state index contributed by atoms with van der Waals surface area (Å²) in [7, 11) is 4.57. The molecule has 3 rings (SSSR count). The number of rotatable bonds is 7. The van der Waals surface area contributed by atoms with Crippen molar-refractivity contribution in [3.8, 4) is 17.2 Å². The van der Waals surface area contributed by atoms with E-state index in [9.17, 15) is 9.59 Å². The van der Waals surface area contributed by atoms with E-state index in [0.717, 1.165) is 18.5 Å². The Labute approximate surface area is 182 Å². The van der Waals surface area contributed by atoms with Gasteiger partial charge < -0.3 is 24.4 Å². The van der Waals surface area contributed by atoms with Crippen LogP contribution in [0.3, 0.4) is 0 Å². The predicted molar refractivity (Wildman–Crippen MR) is 116 cm³/mol. The van der Waals surface area contributed by atoms with Gasteiger partial charge in [0.05, 0.1) is 33.1 Å². The van der Waals surface area contributed by atoms with E-state index in [0.29, 0.717) is 35.9 Å². The lowest BCUT2D eigenvalue weighted by Crippen LogP contribution is -2.45. The first-order chi connectivity index (χ1) is 15.0. The van der Waals surface area contributed by atoms with Crippen LogP contribution in [0.4, 0.5) is 0 Å². The Hall–Kier alpha value is -3.29. The third kappa shape index (κ3) is 5.07. The van der Waals surface area contributed by atoms with Gasteiger partial charge in [0, 0.05) is 37.7 Å². The van der Waals surface area contributed by atoms with Crippen molar-refractivity contribution in [2.75, 3.05) is 34.4 Å². The summed E-state index contributed by atoms with van der Waals surface area (Å²) >= 11 is 0. The number of piperidine rings is 1. The van der Waals surface area contributed by atoms with Crippen LogP contribution in [-0.2, 0) is 4.79 Å². The first kappa shape index (κ1) is 22.4. The van der Waals surface area contributed by atoms with Gasteiger partial charge >= 0.3 is 0 Å². The third-order valence-corrected chi connectivity index (χ3v) is 5.49. The molecule has 1 N–H and O–H groups in total. The zero-order valence-corrected chi connectivity index (χ0v) is 18.4. The molecule has 8 heteroatoms. The Balaban J connectivity index is 1.85. The van der Waals surface area contributed by atoms with Crippen LogP contribution in [0, 0.1) is 5.92 Å². The van der Waals surface area contributed by atoms with E-state index in [2.05, 4.69) is 10.3 Å². The summed E-state index contributed by atoms with van der Waals surface area (Å²) in [6, 6.07) is 8.72. The van der Waals surface area contributed by atoms with Crippen molar-refractivity contribution in [1.82, 2.24) is 15.2 Å². The molecule has 2 atom stereocenters. The summed E-state index contributed by atoms with van der Waals surface area (Å²) < 4.78 is 16.1. The Bertz CT molecular complexity index is 894. The molecule has 2 amide bonds. The van der Waals surface area contributed by atoms with Gasteiger partial charge in [0.2, 0.25) is 11.7 Å². The van der Waals surface area contributed by atoms with Gasteiger partial charge in [0.1, 0.15) is 0 Å². The molecule has 2 heterocycles. The number of aromatic nitrogens is 1. The molecule has 0 spiro atoms. The quantitative estimate of drug-likeness (QED) is 0.731. The van der Waals surface area contributed by atoms with Crippen molar-refractivity contribution in [3.05, 3.63) is 47.8 Å². The second-order valence-electron chi connectivity index (χ2n) is 7.50. The standard InChI is InChI=1S/C23H29N3O5/c1-15(27)25-21(18-9-5-6-10-24-18)16-8-7-11-26(14-16)23(28)17-12-19(29-2)22(31-4)20(13-17)30-3/h5-6,9-10,12-13,16,21H,7-8,11,14H2,1-4H3,(H,25,27)/t16-,21+/m1/s1. The maximum absolute atomic E-state index is 13.3. The highest BCUT2D eigenvalue weighted by atomic mass is 16.5. The SMILES string of the molecule is COc1cc(C(=O)N2CCC[C@@H]([C@H](NC(C)=O)c3ccccn3)C2)cc(OC)c1OC. The highest BCUT2D eigenvalue weighted by molar-refractivity contribution is 5.95. The summed E-state index contributed by atoms with van der Waals surface area (Å²) in [6.07, 6.45) is 3.44. The van der Waals surface area contributed by atoms with Crippen molar-refractivity contribution < 1.29 is 23.8 Å². The third-order valence-electron chi connectivity index (χ3n) is 5.49. The number of nitrogens with zero attached hydrogens (tertiary/aromatic N) is 2. The molecule has 166 valence electrons. The Morgan fingerprint density at radius 3 is 2.39 bits per heavy atom. The molecule has 1 aliphatic rings. The fourth-order valence-electron chi connectivity index (χ4n) is 4.07. The number of hydrogen-bond acceptors (Lipinski definition) is 6. The topological polar surface area (TPSA) is 90.0 Å². The molecule has 1 fully saturated rings. The van der Waals surface area contributed by atoms with Crippen LogP contribution in [0.25, 0.3) is 0 Å². The summed E-state index contributed by atoms with van der Waals surface area (Å²) in [4.78, 5) is 31.4. The van der Waals surface area contributed by atoms with E-state index < -0.39 is 0 Å². The van der Waals surface area contributed by atoms with Crippen molar-refractivity contribution in [1.29, 1.82) is 0 Å². The number of ether oxygens (including phenoxy) is 3. The van der Waals surface area contributed by atoms with Crippen LogP contribution < -0.4 is 19.5 Å². The molecule has 0 saturated carbocycles. The highest BCUT2D eigenvalue weighted by Crippen LogP contribution is 2.39. The largest absolute Gasteiger partial charge is 0.493 e. The van der Waals surface area contributed by atoms with Crippen LogP contribution in [0.15, 0.2) is 36.5 Å². The van der Waals surface area contributed by atoms with Crippen LogP contribution in [0.1, 0.15) is 41.9 Å². The first-order valence-electron chi connectivity index (χ1n) is 10.3. The van der Waals surface area contributed by atoms with E-state index >= 15 is 0 Å². The molecule has 1 aromatic carbocycles. The monoisotopic (exact) mass is 427 g/mol. The van der Waals surface area contributed by atoms with E-state index in [1.165, 1.54) is 28.3 Å². The molecule has 0 radical (unpaired) electrons. The number of methoxy groups -OCH3 is 3. The molecule has 8 nitrogen and oxygen atoms in total. The number of nitrogens with one attached hydrogen (secondary N) is 1. The zero-order chi connectivity index (χ0) is 22.4. The van der Waals surface area contributed by atoms with Gasteiger partial charge in [-0.2, -0.15) is 0 Å². The molecular formula is C23H29N3O5. The number of benzene rings is 1. The molecular weight excluding hydrogens is 398 g/mol. The minimum atomic E-state index is -0.255. The second kappa shape index (κ2) is 10.1.